The fourth-order valence-corrected chi connectivity index (χ4v) is 1.03. The molecule has 0 aliphatic rings. The highest BCUT2D eigenvalue weighted by molar-refractivity contribution is 7.78. The third-order valence-corrected chi connectivity index (χ3v) is 1.69. The minimum atomic E-state index is -0.252. The fourth-order valence-electron chi connectivity index (χ4n) is 0.899. The Morgan fingerprint density at radius 1 is 1.43 bits per heavy atom. The summed E-state index contributed by atoms with van der Waals surface area (Å²) in [5, 5.41) is 1.07. The van der Waals surface area contributed by atoms with Gasteiger partial charge < -0.3 is 4.84 Å². The van der Waals surface area contributed by atoms with Crippen LogP contribution in [0.4, 0.5) is 0 Å². The standard InChI is InChI=1S/C10H10NO2S/c1-11(13-8-14)10(12)7-9-5-3-2-4-6-9/h2-8H,1H3. The van der Waals surface area contributed by atoms with Crippen LogP contribution in [0.3, 0.4) is 0 Å². The average Bonchev–Trinajstić information content (AvgIpc) is 2.19. The molecule has 14 heavy (non-hydrogen) atoms. The van der Waals surface area contributed by atoms with Gasteiger partial charge in [0.05, 0.1) is 6.42 Å². The normalized spacial score (nSPS) is 9.21. The van der Waals surface area contributed by atoms with Gasteiger partial charge in [0, 0.05) is 7.05 Å². The first-order chi connectivity index (χ1) is 6.74. The molecular formula is C10H10NO2S. The molecule has 3 nitrogen and oxygen atoms in total. The van der Waals surface area contributed by atoms with E-state index in [9.17, 15) is 4.79 Å². The van der Waals surface area contributed by atoms with Gasteiger partial charge >= 0.3 is 0 Å². The van der Waals surface area contributed by atoms with Crippen LogP contribution in [-0.4, -0.2) is 23.6 Å². The summed E-state index contributed by atoms with van der Waals surface area (Å²) in [7, 11) is 1.50. The van der Waals surface area contributed by atoms with Crippen LogP contribution < -0.4 is 0 Å². The summed E-state index contributed by atoms with van der Waals surface area (Å²) in [6, 6.07) is 9.28. The number of likely N-dealkylation sites (N-methyl/N-ethyl adjacent to an activating group) is 1. The number of hydroxylamine groups is 2. The van der Waals surface area contributed by atoms with Crippen LogP contribution in [0.15, 0.2) is 30.3 Å². The van der Waals surface area contributed by atoms with E-state index in [1.54, 1.807) is 0 Å². The second-order valence-corrected chi connectivity index (χ2v) is 2.78. The maximum Gasteiger partial charge on any atom is 0.263 e. The van der Waals surface area contributed by atoms with Gasteiger partial charge in [0.15, 0.2) is 5.55 Å². The quantitative estimate of drug-likeness (QED) is 0.556. The predicted octanol–water partition coefficient (Wildman–Crippen LogP) is 1.59. The number of carbonyl (C=O) groups is 1. The van der Waals surface area contributed by atoms with E-state index in [1.165, 1.54) is 13.5 Å². The molecular weight excluding hydrogens is 198 g/mol. The van der Waals surface area contributed by atoms with Crippen LogP contribution in [0.5, 0.6) is 0 Å². The Bertz CT molecular complexity index is 313. The Balaban J connectivity index is 2.53. The fraction of sp³-hybridized carbons (Fsp3) is 0.100. The van der Waals surface area contributed by atoms with Gasteiger partial charge in [-0.25, -0.2) is 0 Å². The van der Waals surface area contributed by atoms with Crippen molar-refractivity contribution >= 4 is 23.7 Å². The van der Waals surface area contributed by atoms with Gasteiger partial charge in [0.25, 0.3) is 5.91 Å². The second-order valence-electron chi connectivity index (χ2n) is 2.59. The zero-order valence-corrected chi connectivity index (χ0v) is 8.53. The van der Waals surface area contributed by atoms with E-state index < -0.39 is 0 Å². The lowest BCUT2D eigenvalue weighted by Gasteiger charge is -2.13. The summed E-state index contributed by atoms with van der Waals surface area (Å²) in [4.78, 5) is 16.1. The molecule has 0 spiro atoms. The van der Waals surface area contributed by atoms with Gasteiger partial charge in [-0.1, -0.05) is 30.3 Å². The van der Waals surface area contributed by atoms with Crippen molar-refractivity contribution in [1.29, 1.82) is 0 Å². The lowest BCUT2D eigenvalue weighted by Crippen LogP contribution is -2.26. The van der Waals surface area contributed by atoms with Crippen molar-refractivity contribution in [3.63, 3.8) is 0 Å². The predicted molar refractivity (Wildman–Crippen MR) is 57.4 cm³/mol. The largest absolute Gasteiger partial charge is 0.373 e. The third kappa shape index (κ3) is 3.14. The molecule has 0 unspecified atom stereocenters. The first-order valence-corrected chi connectivity index (χ1v) is 4.49. The summed E-state index contributed by atoms with van der Waals surface area (Å²) in [5.74, 6) is -0.252. The number of nitrogens with zero attached hydrogens (tertiary/aromatic N) is 1. The molecule has 0 fully saturated rings. The zero-order valence-electron chi connectivity index (χ0n) is 7.71. The monoisotopic (exact) mass is 208 g/mol. The Hall–Kier alpha value is -1.42. The van der Waals surface area contributed by atoms with Gasteiger partial charge in [-0.15, -0.1) is 0 Å². The minimum Gasteiger partial charge on any atom is -0.373 e. The van der Waals surface area contributed by atoms with Crippen LogP contribution in [0.25, 0.3) is 0 Å². The molecule has 0 saturated heterocycles. The maximum absolute atomic E-state index is 11.4. The molecule has 0 N–H and O–H groups in total. The Morgan fingerprint density at radius 3 is 2.64 bits per heavy atom. The zero-order chi connectivity index (χ0) is 10.4. The molecule has 0 aliphatic carbocycles. The molecule has 0 aromatic heterocycles. The first-order valence-electron chi connectivity index (χ1n) is 4.02. The van der Waals surface area contributed by atoms with Crippen LogP contribution in [0.2, 0.25) is 0 Å². The van der Waals surface area contributed by atoms with Crippen molar-refractivity contribution in [2.45, 2.75) is 0 Å². The Morgan fingerprint density at radius 2 is 2.07 bits per heavy atom. The van der Waals surface area contributed by atoms with E-state index >= 15 is 0 Å². The molecule has 1 aromatic rings. The third-order valence-electron chi connectivity index (χ3n) is 1.60. The van der Waals surface area contributed by atoms with Gasteiger partial charge in [-0.05, 0) is 17.8 Å². The number of thiocarbonyl (C=S) groups is 1. The first kappa shape index (κ1) is 10.7. The molecule has 1 aromatic carbocycles. The topological polar surface area (TPSA) is 29.5 Å². The highest BCUT2D eigenvalue weighted by atomic mass is 32.1. The van der Waals surface area contributed by atoms with Crippen LogP contribution in [0.1, 0.15) is 5.56 Å². The van der Waals surface area contributed by atoms with Crippen LogP contribution >= 0.6 is 12.2 Å². The SMILES string of the molecule is CN(OC=S)C(=O)[CH]c1ccccc1. The molecule has 0 saturated carbocycles. The highest BCUT2D eigenvalue weighted by Crippen LogP contribution is 2.03. The number of benzene rings is 1. The molecule has 0 atom stereocenters. The number of rotatable bonds is 4. The van der Waals surface area contributed by atoms with Gasteiger partial charge in [0.1, 0.15) is 0 Å². The molecule has 0 aliphatic heterocycles. The second kappa shape index (κ2) is 5.34. The molecule has 1 radical (unpaired) electrons. The van der Waals surface area contributed by atoms with Crippen molar-refractivity contribution in [3.05, 3.63) is 42.3 Å². The smallest absolute Gasteiger partial charge is 0.263 e. The van der Waals surface area contributed by atoms with Crippen molar-refractivity contribution in [3.8, 4) is 0 Å². The summed E-state index contributed by atoms with van der Waals surface area (Å²) in [5.41, 5.74) is 1.87. The van der Waals surface area contributed by atoms with E-state index in [0.717, 1.165) is 16.2 Å². The Labute approximate surface area is 88.2 Å². The minimum absolute atomic E-state index is 0.252. The Kier molecular flexibility index (Phi) is 4.07. The molecule has 0 bridgehead atoms. The number of carbonyl (C=O) groups excluding carboxylic acids is 1. The van der Waals surface area contributed by atoms with Crippen molar-refractivity contribution in [2.75, 3.05) is 7.05 Å². The number of amides is 1. The van der Waals surface area contributed by atoms with Gasteiger partial charge in [0.2, 0.25) is 0 Å². The average molecular weight is 208 g/mol. The molecule has 1 rings (SSSR count). The van der Waals surface area contributed by atoms with E-state index in [1.807, 2.05) is 30.3 Å². The lowest BCUT2D eigenvalue weighted by molar-refractivity contribution is -0.149. The van der Waals surface area contributed by atoms with E-state index in [-0.39, 0.29) is 5.91 Å². The maximum atomic E-state index is 11.4. The van der Waals surface area contributed by atoms with E-state index in [4.69, 9.17) is 4.84 Å². The summed E-state index contributed by atoms with van der Waals surface area (Å²) < 4.78 is 0. The molecule has 73 valence electrons. The van der Waals surface area contributed by atoms with Crippen LogP contribution in [-0.2, 0) is 9.63 Å². The molecule has 4 heteroatoms. The van der Waals surface area contributed by atoms with Crippen LogP contribution in [0, 0.1) is 6.42 Å². The van der Waals surface area contributed by atoms with E-state index in [0.29, 0.717) is 0 Å². The summed E-state index contributed by atoms with van der Waals surface area (Å²) in [6.45, 7) is 0. The summed E-state index contributed by atoms with van der Waals surface area (Å²) in [6.07, 6.45) is 1.47. The lowest BCUT2D eigenvalue weighted by atomic mass is 10.1. The molecule has 0 heterocycles. The van der Waals surface area contributed by atoms with Crippen molar-refractivity contribution < 1.29 is 9.63 Å². The van der Waals surface area contributed by atoms with Crippen molar-refractivity contribution in [2.24, 2.45) is 0 Å². The van der Waals surface area contributed by atoms with E-state index in [2.05, 4.69) is 12.2 Å². The molecule has 1 amide bonds. The number of hydrogen-bond donors (Lipinski definition) is 0. The van der Waals surface area contributed by atoms with Crippen molar-refractivity contribution in [1.82, 2.24) is 5.06 Å². The highest BCUT2D eigenvalue weighted by Gasteiger charge is 2.09. The number of hydrogen-bond acceptors (Lipinski definition) is 3. The van der Waals surface area contributed by atoms with Gasteiger partial charge in [-0.2, -0.15) is 5.06 Å². The summed E-state index contributed by atoms with van der Waals surface area (Å²) >= 11 is 4.46. The van der Waals surface area contributed by atoms with Gasteiger partial charge in [-0.3, -0.25) is 4.79 Å².